The van der Waals surface area contributed by atoms with E-state index in [9.17, 15) is 4.79 Å². The Labute approximate surface area is 132 Å². The van der Waals surface area contributed by atoms with Crippen molar-refractivity contribution in [1.82, 2.24) is 9.88 Å². The van der Waals surface area contributed by atoms with Crippen molar-refractivity contribution in [2.45, 2.75) is 44.6 Å². The number of esters is 1. The Morgan fingerprint density at radius 2 is 2.32 bits per heavy atom. The molecule has 0 bridgehead atoms. The molecule has 1 aliphatic rings. The van der Waals surface area contributed by atoms with Crippen molar-refractivity contribution < 1.29 is 9.53 Å². The molecule has 1 aromatic rings. The summed E-state index contributed by atoms with van der Waals surface area (Å²) in [6.45, 7) is 1.16. The summed E-state index contributed by atoms with van der Waals surface area (Å²) in [7, 11) is 3.58. The maximum atomic E-state index is 11.0. The van der Waals surface area contributed by atoms with Gasteiger partial charge >= 0.3 is 5.97 Å². The lowest BCUT2D eigenvalue weighted by Gasteiger charge is -2.19. The summed E-state index contributed by atoms with van der Waals surface area (Å²) < 4.78 is 4.60. The van der Waals surface area contributed by atoms with Crippen LogP contribution in [-0.2, 0) is 9.53 Å². The van der Waals surface area contributed by atoms with Crippen LogP contribution in [0.25, 0.3) is 0 Å². The molecule has 4 heteroatoms. The van der Waals surface area contributed by atoms with Crippen LogP contribution in [0.3, 0.4) is 0 Å². The van der Waals surface area contributed by atoms with Gasteiger partial charge in [-0.25, -0.2) is 4.98 Å². The maximum absolute atomic E-state index is 11.0. The SMILES string of the molecule is COC(=O)CCCCC#Cc1ccc(C2CCCN2C)cn1. The first-order chi connectivity index (χ1) is 10.7. The van der Waals surface area contributed by atoms with Crippen LogP contribution in [-0.4, -0.2) is 36.6 Å². The van der Waals surface area contributed by atoms with E-state index in [0.29, 0.717) is 12.5 Å². The Bertz CT molecular complexity index is 542. The lowest BCUT2D eigenvalue weighted by Crippen LogP contribution is -2.17. The summed E-state index contributed by atoms with van der Waals surface area (Å²) in [4.78, 5) is 17.8. The van der Waals surface area contributed by atoms with Crippen LogP contribution in [0.4, 0.5) is 0 Å². The average Bonchev–Trinajstić information content (AvgIpc) is 2.97. The normalized spacial score (nSPS) is 17.8. The molecule has 0 saturated carbocycles. The molecule has 1 aliphatic heterocycles. The van der Waals surface area contributed by atoms with E-state index in [1.807, 2.05) is 12.3 Å². The number of aromatic nitrogens is 1. The predicted octanol–water partition coefficient (Wildman–Crippen LogP) is 2.93. The molecule has 1 unspecified atom stereocenters. The van der Waals surface area contributed by atoms with Crippen molar-refractivity contribution in [3.63, 3.8) is 0 Å². The summed E-state index contributed by atoms with van der Waals surface area (Å²) in [5, 5.41) is 0. The van der Waals surface area contributed by atoms with Crippen LogP contribution in [0.5, 0.6) is 0 Å². The van der Waals surface area contributed by atoms with Gasteiger partial charge in [-0.3, -0.25) is 9.69 Å². The second-order valence-corrected chi connectivity index (χ2v) is 5.70. The van der Waals surface area contributed by atoms with Crippen molar-refractivity contribution >= 4 is 5.97 Å². The van der Waals surface area contributed by atoms with Gasteiger partial charge in [-0.05, 0) is 56.8 Å². The number of likely N-dealkylation sites (tertiary alicyclic amines) is 1. The van der Waals surface area contributed by atoms with E-state index in [2.05, 4.69) is 39.6 Å². The molecule has 1 fully saturated rings. The monoisotopic (exact) mass is 300 g/mol. The molecule has 0 amide bonds. The smallest absolute Gasteiger partial charge is 0.305 e. The molecule has 0 aliphatic carbocycles. The van der Waals surface area contributed by atoms with Crippen LogP contribution >= 0.6 is 0 Å². The molecule has 22 heavy (non-hydrogen) atoms. The molecule has 1 aromatic heterocycles. The molecule has 0 aromatic carbocycles. The number of hydrogen-bond acceptors (Lipinski definition) is 4. The van der Waals surface area contributed by atoms with Crippen LogP contribution in [0, 0.1) is 11.8 Å². The molecular weight excluding hydrogens is 276 g/mol. The Kier molecular flexibility index (Phi) is 6.42. The third-order valence-corrected chi connectivity index (χ3v) is 4.07. The van der Waals surface area contributed by atoms with Crippen molar-refractivity contribution in [1.29, 1.82) is 0 Å². The first-order valence-electron chi connectivity index (χ1n) is 7.92. The van der Waals surface area contributed by atoms with Crippen LogP contribution in [0.15, 0.2) is 18.3 Å². The molecule has 1 saturated heterocycles. The zero-order valence-electron chi connectivity index (χ0n) is 13.5. The van der Waals surface area contributed by atoms with Gasteiger partial charge in [-0.1, -0.05) is 12.0 Å². The Morgan fingerprint density at radius 3 is 2.95 bits per heavy atom. The number of ether oxygens (including phenoxy) is 1. The van der Waals surface area contributed by atoms with Gasteiger partial charge in [-0.15, -0.1) is 0 Å². The number of nitrogens with zero attached hydrogens (tertiary/aromatic N) is 2. The fraction of sp³-hybridized carbons (Fsp3) is 0.556. The van der Waals surface area contributed by atoms with Crippen molar-refractivity contribution in [3.8, 4) is 11.8 Å². The van der Waals surface area contributed by atoms with Crippen LogP contribution in [0.2, 0.25) is 0 Å². The highest BCUT2D eigenvalue weighted by molar-refractivity contribution is 5.68. The van der Waals surface area contributed by atoms with Gasteiger partial charge in [0.05, 0.1) is 7.11 Å². The van der Waals surface area contributed by atoms with Crippen molar-refractivity contribution in [3.05, 3.63) is 29.6 Å². The number of pyridine rings is 1. The molecule has 2 heterocycles. The first-order valence-corrected chi connectivity index (χ1v) is 7.92. The lowest BCUT2D eigenvalue weighted by atomic mass is 10.1. The number of carbonyl (C=O) groups is 1. The minimum atomic E-state index is -0.151. The zero-order valence-corrected chi connectivity index (χ0v) is 13.5. The Morgan fingerprint density at radius 1 is 1.45 bits per heavy atom. The fourth-order valence-electron chi connectivity index (χ4n) is 2.75. The van der Waals surface area contributed by atoms with Gasteiger partial charge in [0.25, 0.3) is 0 Å². The Hall–Kier alpha value is -1.86. The number of methoxy groups -OCH3 is 1. The van der Waals surface area contributed by atoms with Gasteiger partial charge in [0, 0.05) is 25.1 Å². The second-order valence-electron chi connectivity index (χ2n) is 5.70. The third kappa shape index (κ3) is 4.85. The van der Waals surface area contributed by atoms with E-state index in [1.165, 1.54) is 25.5 Å². The minimum Gasteiger partial charge on any atom is -0.469 e. The number of unbranched alkanes of at least 4 members (excludes halogenated alkanes) is 2. The Balaban J connectivity index is 1.77. The van der Waals surface area contributed by atoms with E-state index < -0.39 is 0 Å². The molecule has 0 radical (unpaired) electrons. The zero-order chi connectivity index (χ0) is 15.8. The van der Waals surface area contributed by atoms with E-state index in [4.69, 9.17) is 0 Å². The number of carbonyl (C=O) groups excluding carboxylic acids is 1. The highest BCUT2D eigenvalue weighted by Crippen LogP contribution is 2.29. The standard InChI is InChI=1S/C18H24N2O2/c1-20-13-7-9-17(20)15-11-12-16(19-14-15)8-5-3-4-6-10-18(21)22-2/h11-12,14,17H,3-4,6-7,9-10,13H2,1-2H3. The molecule has 2 rings (SSSR count). The van der Waals surface area contributed by atoms with Gasteiger partial charge in [0.1, 0.15) is 5.69 Å². The van der Waals surface area contributed by atoms with Gasteiger partial charge < -0.3 is 4.74 Å². The van der Waals surface area contributed by atoms with Gasteiger partial charge in [0.2, 0.25) is 0 Å². The topological polar surface area (TPSA) is 42.4 Å². The van der Waals surface area contributed by atoms with Crippen molar-refractivity contribution in [2.75, 3.05) is 20.7 Å². The van der Waals surface area contributed by atoms with E-state index >= 15 is 0 Å². The summed E-state index contributed by atoms with van der Waals surface area (Å²) in [5.74, 6) is 6.05. The molecule has 0 N–H and O–H groups in total. The molecule has 4 nitrogen and oxygen atoms in total. The average molecular weight is 300 g/mol. The summed E-state index contributed by atoms with van der Waals surface area (Å²) >= 11 is 0. The maximum Gasteiger partial charge on any atom is 0.305 e. The predicted molar refractivity (Wildman–Crippen MR) is 86.2 cm³/mol. The lowest BCUT2D eigenvalue weighted by molar-refractivity contribution is -0.140. The van der Waals surface area contributed by atoms with Crippen molar-refractivity contribution in [2.24, 2.45) is 0 Å². The van der Waals surface area contributed by atoms with E-state index in [0.717, 1.165) is 31.5 Å². The van der Waals surface area contributed by atoms with Crippen LogP contribution in [0.1, 0.15) is 55.8 Å². The summed E-state index contributed by atoms with van der Waals surface area (Å²) in [5.41, 5.74) is 2.10. The van der Waals surface area contributed by atoms with Gasteiger partial charge in [-0.2, -0.15) is 0 Å². The molecular formula is C18H24N2O2. The number of hydrogen-bond donors (Lipinski definition) is 0. The molecule has 0 spiro atoms. The molecule has 1 atom stereocenters. The second kappa shape index (κ2) is 8.55. The highest BCUT2D eigenvalue weighted by atomic mass is 16.5. The van der Waals surface area contributed by atoms with Crippen LogP contribution < -0.4 is 0 Å². The highest BCUT2D eigenvalue weighted by Gasteiger charge is 2.22. The minimum absolute atomic E-state index is 0.151. The third-order valence-electron chi connectivity index (χ3n) is 4.07. The largest absolute Gasteiger partial charge is 0.469 e. The van der Waals surface area contributed by atoms with Gasteiger partial charge in [0.15, 0.2) is 0 Å². The fourth-order valence-corrected chi connectivity index (χ4v) is 2.75. The molecule has 118 valence electrons. The first kappa shape index (κ1) is 16.5. The quantitative estimate of drug-likeness (QED) is 0.476. The van der Waals surface area contributed by atoms with E-state index in [1.54, 1.807) is 0 Å². The summed E-state index contributed by atoms with van der Waals surface area (Å²) in [6.07, 6.45) is 7.41. The summed E-state index contributed by atoms with van der Waals surface area (Å²) in [6, 6.07) is 4.65. The van der Waals surface area contributed by atoms with E-state index in [-0.39, 0.29) is 5.97 Å². The number of rotatable bonds is 5.